The number of hydrogen-bond donors (Lipinski definition) is 2. The molecule has 1 heterocycles. The minimum atomic E-state index is 0.186. The summed E-state index contributed by atoms with van der Waals surface area (Å²) in [6.45, 7) is 7.98. The van der Waals surface area contributed by atoms with Gasteiger partial charge < -0.3 is 15.3 Å². The molecule has 0 radical (unpaired) electrons. The van der Waals surface area contributed by atoms with Crippen LogP contribution in [0.3, 0.4) is 0 Å². The lowest BCUT2D eigenvalue weighted by Gasteiger charge is -2.28. The first-order valence-electron chi connectivity index (χ1n) is 6.24. The van der Waals surface area contributed by atoms with Gasteiger partial charge in [0.25, 0.3) is 0 Å². The molecule has 102 valence electrons. The Hall–Kier alpha value is -0.880. The van der Waals surface area contributed by atoms with Gasteiger partial charge in [-0.05, 0) is 43.1 Å². The zero-order valence-electron chi connectivity index (χ0n) is 11.1. The predicted molar refractivity (Wildman–Crippen MR) is 78.1 cm³/mol. The number of aliphatic hydroxyl groups is 1. The molecule has 1 aromatic heterocycles. The van der Waals surface area contributed by atoms with E-state index in [0.29, 0.717) is 12.0 Å². The maximum atomic E-state index is 8.97. The van der Waals surface area contributed by atoms with Crippen LogP contribution in [0.2, 0.25) is 0 Å². The third-order valence-corrected chi connectivity index (χ3v) is 3.07. The quantitative estimate of drug-likeness (QED) is 0.808. The number of hydrogen-bond acceptors (Lipinski definition) is 5. The first-order chi connectivity index (χ1) is 8.60. The smallest absolute Gasteiger partial charge is 0.224 e. The molecule has 0 aliphatic rings. The number of rotatable bonds is 7. The molecule has 0 bridgehead atoms. The molecule has 1 rings (SSSR count). The molecule has 5 nitrogen and oxygen atoms in total. The number of aliphatic hydroxyl groups excluding tert-OH is 1. The van der Waals surface area contributed by atoms with E-state index in [4.69, 9.17) is 5.11 Å². The molecule has 0 aliphatic heterocycles. The van der Waals surface area contributed by atoms with E-state index in [9.17, 15) is 0 Å². The third-order valence-electron chi connectivity index (χ3n) is 2.51. The van der Waals surface area contributed by atoms with Gasteiger partial charge in [-0.3, -0.25) is 0 Å². The number of halogens is 1. The molecule has 0 aromatic carbocycles. The Balaban J connectivity index is 2.97. The predicted octanol–water partition coefficient (Wildman–Crippen LogP) is 2.27. The van der Waals surface area contributed by atoms with Crippen LogP contribution in [0, 0.1) is 0 Å². The molecule has 6 heteroatoms. The van der Waals surface area contributed by atoms with Gasteiger partial charge in [-0.25, -0.2) is 4.98 Å². The highest BCUT2D eigenvalue weighted by atomic mass is 79.9. The van der Waals surface area contributed by atoms with Crippen LogP contribution in [0.5, 0.6) is 0 Å². The Bertz CT molecular complexity index is 373. The van der Waals surface area contributed by atoms with Crippen LogP contribution in [0.1, 0.15) is 27.2 Å². The lowest BCUT2D eigenvalue weighted by atomic mass is 10.3. The van der Waals surface area contributed by atoms with Gasteiger partial charge in [-0.1, -0.05) is 0 Å². The molecular formula is C12H21BrN4O. The molecule has 0 saturated carbocycles. The summed E-state index contributed by atoms with van der Waals surface area (Å²) in [7, 11) is 0. The Morgan fingerprint density at radius 1 is 1.50 bits per heavy atom. The summed E-state index contributed by atoms with van der Waals surface area (Å²) in [5.74, 6) is 1.50. The Kier molecular flexibility index (Phi) is 6.35. The van der Waals surface area contributed by atoms with Crippen LogP contribution < -0.4 is 10.2 Å². The van der Waals surface area contributed by atoms with Crippen molar-refractivity contribution in [3.05, 3.63) is 10.7 Å². The summed E-state index contributed by atoms with van der Waals surface area (Å²) in [5, 5.41) is 12.1. The number of aromatic nitrogens is 2. The van der Waals surface area contributed by atoms with Gasteiger partial charge in [0.05, 0.1) is 4.47 Å². The molecule has 2 N–H and O–H groups in total. The highest BCUT2D eigenvalue weighted by Gasteiger charge is 2.16. The van der Waals surface area contributed by atoms with Gasteiger partial charge in [-0.2, -0.15) is 4.98 Å². The average molecular weight is 317 g/mol. The van der Waals surface area contributed by atoms with Crippen LogP contribution in [-0.2, 0) is 0 Å². The van der Waals surface area contributed by atoms with Crippen molar-refractivity contribution in [2.75, 3.05) is 29.9 Å². The van der Waals surface area contributed by atoms with Gasteiger partial charge >= 0.3 is 0 Å². The van der Waals surface area contributed by atoms with E-state index in [-0.39, 0.29) is 6.61 Å². The largest absolute Gasteiger partial charge is 0.396 e. The van der Waals surface area contributed by atoms with Crippen LogP contribution in [0.25, 0.3) is 0 Å². The molecule has 18 heavy (non-hydrogen) atoms. The maximum absolute atomic E-state index is 8.97. The van der Waals surface area contributed by atoms with E-state index in [1.54, 1.807) is 6.20 Å². The average Bonchev–Trinajstić information content (AvgIpc) is 2.33. The van der Waals surface area contributed by atoms with E-state index >= 15 is 0 Å². The van der Waals surface area contributed by atoms with Gasteiger partial charge in [0.15, 0.2) is 0 Å². The SMILES string of the molecule is CCNc1ncc(Br)c(N(CCCO)C(C)C)n1. The number of nitrogens with one attached hydrogen (secondary N) is 1. The minimum absolute atomic E-state index is 0.186. The first-order valence-corrected chi connectivity index (χ1v) is 7.03. The van der Waals surface area contributed by atoms with Gasteiger partial charge in [0.1, 0.15) is 5.82 Å². The number of anilines is 2. The standard InChI is InChI=1S/C12H21BrN4O/c1-4-14-12-15-8-10(13)11(16-12)17(9(2)3)6-5-7-18/h8-9,18H,4-7H2,1-3H3,(H,14,15,16). The molecule has 0 unspecified atom stereocenters. The Morgan fingerprint density at radius 3 is 2.78 bits per heavy atom. The molecule has 0 atom stereocenters. The Labute approximate surface area is 117 Å². The third kappa shape index (κ3) is 4.10. The van der Waals surface area contributed by atoms with Crippen molar-refractivity contribution < 1.29 is 5.11 Å². The fraction of sp³-hybridized carbons (Fsp3) is 0.667. The molecule has 0 saturated heterocycles. The molecule has 1 aromatic rings. The second-order valence-electron chi connectivity index (χ2n) is 4.26. The van der Waals surface area contributed by atoms with Gasteiger partial charge in [-0.15, -0.1) is 0 Å². The van der Waals surface area contributed by atoms with Crippen LogP contribution in [-0.4, -0.2) is 40.8 Å². The van der Waals surface area contributed by atoms with Gasteiger partial charge in [0, 0.05) is 31.9 Å². The molecule has 0 amide bonds. The van der Waals surface area contributed by atoms with E-state index in [1.165, 1.54) is 0 Å². The fourth-order valence-corrected chi connectivity index (χ4v) is 2.07. The highest BCUT2D eigenvalue weighted by Crippen LogP contribution is 2.26. The van der Waals surface area contributed by atoms with Crippen molar-refractivity contribution in [2.45, 2.75) is 33.2 Å². The van der Waals surface area contributed by atoms with Crippen LogP contribution in [0.4, 0.5) is 11.8 Å². The fourth-order valence-electron chi connectivity index (χ4n) is 1.65. The summed E-state index contributed by atoms with van der Waals surface area (Å²) in [6, 6.07) is 0.317. The lowest BCUT2D eigenvalue weighted by Crippen LogP contribution is -2.33. The summed E-state index contributed by atoms with van der Waals surface area (Å²) in [4.78, 5) is 10.9. The zero-order chi connectivity index (χ0) is 13.5. The molecule has 0 aliphatic carbocycles. The van der Waals surface area contributed by atoms with E-state index in [1.807, 2.05) is 6.92 Å². The highest BCUT2D eigenvalue weighted by molar-refractivity contribution is 9.10. The summed E-state index contributed by atoms with van der Waals surface area (Å²) < 4.78 is 0.871. The minimum Gasteiger partial charge on any atom is -0.396 e. The monoisotopic (exact) mass is 316 g/mol. The normalized spacial score (nSPS) is 10.8. The van der Waals surface area contributed by atoms with Crippen molar-refractivity contribution in [3.63, 3.8) is 0 Å². The topological polar surface area (TPSA) is 61.3 Å². The van der Waals surface area contributed by atoms with Crippen molar-refractivity contribution in [3.8, 4) is 0 Å². The number of nitrogens with zero attached hydrogens (tertiary/aromatic N) is 3. The summed E-state index contributed by atoms with van der Waals surface area (Å²) in [5.41, 5.74) is 0. The second kappa shape index (κ2) is 7.53. The van der Waals surface area contributed by atoms with Crippen LogP contribution >= 0.6 is 15.9 Å². The first kappa shape index (κ1) is 15.2. The van der Waals surface area contributed by atoms with Crippen molar-refractivity contribution in [1.82, 2.24) is 9.97 Å². The maximum Gasteiger partial charge on any atom is 0.224 e. The van der Waals surface area contributed by atoms with E-state index < -0.39 is 0 Å². The van der Waals surface area contributed by atoms with Crippen molar-refractivity contribution >= 4 is 27.7 Å². The second-order valence-corrected chi connectivity index (χ2v) is 5.11. The summed E-state index contributed by atoms with van der Waals surface area (Å²) in [6.07, 6.45) is 2.49. The van der Waals surface area contributed by atoms with Gasteiger partial charge in [0.2, 0.25) is 5.95 Å². The van der Waals surface area contributed by atoms with E-state index in [0.717, 1.165) is 29.8 Å². The summed E-state index contributed by atoms with van der Waals surface area (Å²) >= 11 is 3.49. The lowest BCUT2D eigenvalue weighted by molar-refractivity contribution is 0.288. The van der Waals surface area contributed by atoms with Crippen molar-refractivity contribution in [1.29, 1.82) is 0 Å². The van der Waals surface area contributed by atoms with E-state index in [2.05, 4.69) is 50.0 Å². The molecule has 0 spiro atoms. The Morgan fingerprint density at radius 2 is 2.22 bits per heavy atom. The molecular weight excluding hydrogens is 296 g/mol. The zero-order valence-corrected chi connectivity index (χ0v) is 12.7. The van der Waals surface area contributed by atoms with Crippen molar-refractivity contribution in [2.24, 2.45) is 0 Å². The van der Waals surface area contributed by atoms with Crippen LogP contribution in [0.15, 0.2) is 10.7 Å². The molecule has 0 fully saturated rings.